The molecule has 3 heteroatoms. The van der Waals surface area contributed by atoms with Crippen LogP contribution in [0.3, 0.4) is 0 Å². The van der Waals surface area contributed by atoms with Crippen LogP contribution in [0.2, 0.25) is 0 Å². The summed E-state index contributed by atoms with van der Waals surface area (Å²) in [6.07, 6.45) is 4.97. The summed E-state index contributed by atoms with van der Waals surface area (Å²) in [6.45, 7) is 2.45. The smallest absolute Gasteiger partial charge is 0.0600 e. The van der Waals surface area contributed by atoms with E-state index in [1.165, 1.54) is 25.7 Å². The third-order valence-corrected chi connectivity index (χ3v) is 3.04. The Morgan fingerprint density at radius 2 is 2.00 bits per heavy atom. The molecule has 1 aliphatic rings. The van der Waals surface area contributed by atoms with E-state index in [4.69, 9.17) is 10.9 Å². The van der Waals surface area contributed by atoms with Gasteiger partial charge in [0.1, 0.15) is 0 Å². The van der Waals surface area contributed by atoms with Crippen molar-refractivity contribution in [1.82, 2.24) is 5.43 Å². The molecule has 0 aromatic heterocycles. The van der Waals surface area contributed by atoms with Crippen LogP contribution in [0.5, 0.6) is 0 Å². The second-order valence-corrected chi connectivity index (χ2v) is 3.98. The monoisotopic (exact) mass is 172 g/mol. The highest BCUT2D eigenvalue weighted by Crippen LogP contribution is 2.29. The van der Waals surface area contributed by atoms with E-state index >= 15 is 0 Å². The molecule has 0 spiro atoms. The van der Waals surface area contributed by atoms with Crippen molar-refractivity contribution >= 4 is 0 Å². The highest BCUT2D eigenvalue weighted by atomic mass is 16.3. The molecule has 3 nitrogen and oxygen atoms in total. The molecule has 0 amide bonds. The Labute approximate surface area is 74.3 Å². The van der Waals surface area contributed by atoms with Crippen LogP contribution in [-0.4, -0.2) is 17.8 Å². The summed E-state index contributed by atoms with van der Waals surface area (Å²) >= 11 is 0. The van der Waals surface area contributed by atoms with E-state index in [1.807, 2.05) is 0 Å². The van der Waals surface area contributed by atoms with Crippen molar-refractivity contribution in [3.8, 4) is 0 Å². The van der Waals surface area contributed by atoms with Gasteiger partial charge in [-0.2, -0.15) is 0 Å². The van der Waals surface area contributed by atoms with Crippen molar-refractivity contribution in [3.63, 3.8) is 0 Å². The minimum absolute atomic E-state index is 0.109. The van der Waals surface area contributed by atoms with Gasteiger partial charge in [-0.05, 0) is 24.7 Å². The van der Waals surface area contributed by atoms with Gasteiger partial charge in [0.15, 0.2) is 0 Å². The summed E-state index contributed by atoms with van der Waals surface area (Å²) in [5.74, 6) is 6.78. The molecule has 1 atom stereocenters. The normalized spacial score (nSPS) is 33.2. The van der Waals surface area contributed by atoms with Gasteiger partial charge in [-0.1, -0.05) is 19.8 Å². The largest absolute Gasteiger partial charge is 0.395 e. The van der Waals surface area contributed by atoms with Crippen LogP contribution in [0.1, 0.15) is 32.6 Å². The molecule has 0 aromatic carbocycles. The maximum absolute atomic E-state index is 9.00. The van der Waals surface area contributed by atoms with Gasteiger partial charge in [0, 0.05) is 6.04 Å². The molecule has 1 aliphatic carbocycles. The number of hydrazine groups is 1. The molecule has 12 heavy (non-hydrogen) atoms. The lowest BCUT2D eigenvalue weighted by molar-refractivity contribution is 0.158. The first-order valence-electron chi connectivity index (χ1n) is 4.85. The van der Waals surface area contributed by atoms with Gasteiger partial charge in [-0.3, -0.25) is 11.3 Å². The van der Waals surface area contributed by atoms with Crippen molar-refractivity contribution in [2.45, 2.75) is 38.6 Å². The zero-order valence-corrected chi connectivity index (χ0v) is 7.79. The van der Waals surface area contributed by atoms with Crippen LogP contribution in [0.15, 0.2) is 0 Å². The summed E-state index contributed by atoms with van der Waals surface area (Å²) in [4.78, 5) is 0. The summed E-state index contributed by atoms with van der Waals surface area (Å²) in [5.41, 5.74) is 2.69. The van der Waals surface area contributed by atoms with E-state index in [9.17, 15) is 0 Å². The Kier molecular flexibility index (Phi) is 3.98. The average molecular weight is 172 g/mol. The van der Waals surface area contributed by atoms with E-state index in [2.05, 4.69) is 12.3 Å². The van der Waals surface area contributed by atoms with E-state index in [1.54, 1.807) is 0 Å². The van der Waals surface area contributed by atoms with Gasteiger partial charge >= 0.3 is 0 Å². The van der Waals surface area contributed by atoms with Gasteiger partial charge in [-0.15, -0.1) is 0 Å². The molecule has 0 saturated heterocycles. The summed E-state index contributed by atoms with van der Waals surface area (Å²) in [5, 5.41) is 9.00. The number of rotatable bonds is 3. The quantitative estimate of drug-likeness (QED) is 0.432. The first kappa shape index (κ1) is 9.96. The fourth-order valence-corrected chi connectivity index (χ4v) is 2.03. The first-order valence-corrected chi connectivity index (χ1v) is 4.85. The minimum Gasteiger partial charge on any atom is -0.395 e. The topological polar surface area (TPSA) is 58.3 Å². The van der Waals surface area contributed by atoms with Crippen molar-refractivity contribution < 1.29 is 5.11 Å². The third-order valence-electron chi connectivity index (χ3n) is 3.04. The van der Waals surface area contributed by atoms with E-state index in [0.717, 1.165) is 5.92 Å². The van der Waals surface area contributed by atoms with Crippen LogP contribution in [0.25, 0.3) is 0 Å². The molecule has 1 saturated carbocycles. The maximum atomic E-state index is 9.00. The summed E-state index contributed by atoms with van der Waals surface area (Å²) in [6, 6.07) is 0.109. The number of hydrogen-bond acceptors (Lipinski definition) is 3. The Morgan fingerprint density at radius 3 is 2.42 bits per heavy atom. The Bertz CT molecular complexity index is 118. The SMILES string of the molecule is CC1CCC(C(CO)NN)CC1. The van der Waals surface area contributed by atoms with Crippen LogP contribution in [0, 0.1) is 11.8 Å². The number of aliphatic hydroxyl groups excluding tert-OH is 1. The summed E-state index contributed by atoms with van der Waals surface area (Å²) < 4.78 is 0. The molecule has 1 fully saturated rings. The van der Waals surface area contributed by atoms with E-state index in [-0.39, 0.29) is 12.6 Å². The second-order valence-electron chi connectivity index (χ2n) is 3.98. The van der Waals surface area contributed by atoms with Gasteiger partial charge in [0.05, 0.1) is 6.61 Å². The van der Waals surface area contributed by atoms with Crippen LogP contribution in [0.4, 0.5) is 0 Å². The molecular weight excluding hydrogens is 152 g/mol. The van der Waals surface area contributed by atoms with Gasteiger partial charge in [0.2, 0.25) is 0 Å². The molecule has 1 rings (SSSR count). The van der Waals surface area contributed by atoms with Crippen molar-refractivity contribution in [2.75, 3.05) is 6.61 Å². The number of nitrogens with two attached hydrogens (primary N) is 1. The molecule has 1 unspecified atom stereocenters. The van der Waals surface area contributed by atoms with Gasteiger partial charge in [-0.25, -0.2) is 0 Å². The van der Waals surface area contributed by atoms with Crippen molar-refractivity contribution in [2.24, 2.45) is 17.7 Å². The molecular formula is C9H20N2O. The van der Waals surface area contributed by atoms with Crippen molar-refractivity contribution in [1.29, 1.82) is 0 Å². The number of aliphatic hydroxyl groups is 1. The fourth-order valence-electron chi connectivity index (χ4n) is 2.03. The Balaban J connectivity index is 2.32. The predicted octanol–water partition coefficient (Wildman–Crippen LogP) is 0.637. The van der Waals surface area contributed by atoms with Crippen LogP contribution >= 0.6 is 0 Å². The van der Waals surface area contributed by atoms with E-state index in [0.29, 0.717) is 5.92 Å². The number of nitrogens with one attached hydrogen (secondary N) is 1. The van der Waals surface area contributed by atoms with Crippen LogP contribution in [-0.2, 0) is 0 Å². The van der Waals surface area contributed by atoms with E-state index < -0.39 is 0 Å². The highest BCUT2D eigenvalue weighted by Gasteiger charge is 2.24. The molecule has 0 bridgehead atoms. The second kappa shape index (κ2) is 4.80. The van der Waals surface area contributed by atoms with Crippen molar-refractivity contribution in [3.05, 3.63) is 0 Å². The predicted molar refractivity (Wildman–Crippen MR) is 49.3 cm³/mol. The molecule has 0 heterocycles. The standard InChI is InChI=1S/C9H20N2O/c1-7-2-4-8(5-3-7)9(6-12)11-10/h7-9,11-12H,2-6,10H2,1H3. The zero-order valence-electron chi connectivity index (χ0n) is 7.79. The molecule has 0 aliphatic heterocycles. The Morgan fingerprint density at radius 1 is 1.42 bits per heavy atom. The summed E-state index contributed by atoms with van der Waals surface area (Å²) in [7, 11) is 0. The molecule has 72 valence electrons. The van der Waals surface area contributed by atoms with Crippen LogP contribution < -0.4 is 11.3 Å². The number of hydrogen-bond donors (Lipinski definition) is 3. The lowest BCUT2D eigenvalue weighted by Crippen LogP contribution is -2.44. The maximum Gasteiger partial charge on any atom is 0.0600 e. The lowest BCUT2D eigenvalue weighted by Gasteiger charge is -2.31. The molecule has 0 aromatic rings. The molecule has 4 N–H and O–H groups in total. The molecule has 0 radical (unpaired) electrons. The van der Waals surface area contributed by atoms with Gasteiger partial charge in [0.25, 0.3) is 0 Å². The highest BCUT2D eigenvalue weighted by molar-refractivity contribution is 4.78. The minimum atomic E-state index is 0.109. The first-order chi connectivity index (χ1) is 5.77. The average Bonchev–Trinajstić information content (AvgIpc) is 2.10. The lowest BCUT2D eigenvalue weighted by atomic mass is 9.79. The third kappa shape index (κ3) is 2.44. The zero-order chi connectivity index (χ0) is 8.97. The fraction of sp³-hybridized carbons (Fsp3) is 1.00. The Hall–Kier alpha value is -0.120. The van der Waals surface area contributed by atoms with Gasteiger partial charge < -0.3 is 5.11 Å².